The first-order valence-electron chi connectivity index (χ1n) is 13.0. The molecule has 0 fully saturated rings. The number of guanidine groups is 1. The lowest BCUT2D eigenvalue weighted by atomic mass is 10.2. The molecule has 226 valence electrons. The second kappa shape index (κ2) is 13.8. The van der Waals surface area contributed by atoms with Crippen molar-refractivity contribution in [3.8, 4) is 5.75 Å². The molecule has 3 aromatic rings. The summed E-state index contributed by atoms with van der Waals surface area (Å²) in [6.07, 6.45) is 2.05. The standard InChI is InChI=1S/C27H35N7O7S/c1-27(2,3)41-24(36)22(33-42(38,39)20-8-5-4-6-9-20)16-31-26(37)32-21-13-11-18-10-12-19(17-34(18)23(21)35)40-15-7-14-30-25(28)29/h4-6,8-13,17,22,33H,7,14-16H2,1-3H3,(H4,28,29,30)(H2,31,32,37)/t22-/m0/s1. The fourth-order valence-electron chi connectivity index (χ4n) is 3.60. The first kappa shape index (κ1) is 31.9. The Morgan fingerprint density at radius 1 is 1.05 bits per heavy atom. The molecule has 2 heterocycles. The van der Waals surface area contributed by atoms with Crippen LogP contribution in [0.2, 0.25) is 0 Å². The van der Waals surface area contributed by atoms with E-state index in [2.05, 4.69) is 20.7 Å². The van der Waals surface area contributed by atoms with Crippen LogP contribution in [-0.2, 0) is 19.6 Å². The molecule has 0 saturated carbocycles. The fraction of sp³-hybridized carbons (Fsp3) is 0.333. The molecule has 3 rings (SSSR count). The number of urea groups is 1. The van der Waals surface area contributed by atoms with Crippen LogP contribution in [0.3, 0.4) is 0 Å². The first-order chi connectivity index (χ1) is 19.7. The van der Waals surface area contributed by atoms with Crippen molar-refractivity contribution in [2.75, 3.05) is 25.0 Å². The van der Waals surface area contributed by atoms with E-state index in [1.54, 1.807) is 45.0 Å². The summed E-state index contributed by atoms with van der Waals surface area (Å²) < 4.78 is 40.3. The monoisotopic (exact) mass is 601 g/mol. The molecular formula is C27H35N7O7S. The van der Waals surface area contributed by atoms with Gasteiger partial charge in [-0.15, -0.1) is 0 Å². The summed E-state index contributed by atoms with van der Waals surface area (Å²) in [4.78, 5) is 38.5. The largest absolute Gasteiger partial charge is 0.492 e. The smallest absolute Gasteiger partial charge is 0.326 e. The summed E-state index contributed by atoms with van der Waals surface area (Å²) in [6, 6.07) is 11.6. The minimum atomic E-state index is -4.12. The van der Waals surface area contributed by atoms with Gasteiger partial charge in [-0.1, -0.05) is 18.2 Å². The SMILES string of the molecule is CC(C)(C)OC(=O)[C@H](CNC(=O)Nc1ccc2ccc(OCCCNC(=N)N)cn2c1=O)NS(=O)(=O)c1ccccc1. The Bertz CT molecular complexity index is 1590. The highest BCUT2D eigenvalue weighted by Gasteiger charge is 2.30. The number of rotatable bonds is 12. The van der Waals surface area contributed by atoms with Gasteiger partial charge in [-0.05, 0) is 63.6 Å². The zero-order valence-corrected chi connectivity index (χ0v) is 24.3. The van der Waals surface area contributed by atoms with Gasteiger partial charge in [0.1, 0.15) is 23.1 Å². The molecule has 2 amide bonds. The Labute approximate surface area is 243 Å². The molecule has 42 heavy (non-hydrogen) atoms. The number of amides is 2. The van der Waals surface area contributed by atoms with Gasteiger partial charge < -0.3 is 31.2 Å². The van der Waals surface area contributed by atoms with Gasteiger partial charge in [0.15, 0.2) is 5.96 Å². The number of aromatic nitrogens is 1. The molecule has 0 saturated heterocycles. The van der Waals surface area contributed by atoms with E-state index in [0.29, 0.717) is 30.8 Å². The second-order valence-corrected chi connectivity index (χ2v) is 11.8. The molecule has 7 N–H and O–H groups in total. The predicted octanol–water partition coefficient (Wildman–Crippen LogP) is 1.36. The van der Waals surface area contributed by atoms with E-state index >= 15 is 0 Å². The van der Waals surface area contributed by atoms with Crippen molar-refractivity contribution in [2.24, 2.45) is 5.73 Å². The highest BCUT2D eigenvalue weighted by molar-refractivity contribution is 7.89. The molecule has 0 aliphatic rings. The summed E-state index contributed by atoms with van der Waals surface area (Å²) in [5, 5.41) is 14.7. The molecule has 0 aliphatic carbocycles. The highest BCUT2D eigenvalue weighted by Crippen LogP contribution is 2.15. The molecule has 15 heteroatoms. The number of ether oxygens (including phenoxy) is 2. The van der Waals surface area contributed by atoms with E-state index in [9.17, 15) is 22.8 Å². The topological polar surface area (TPSA) is 206 Å². The van der Waals surface area contributed by atoms with Crippen LogP contribution in [0.4, 0.5) is 10.5 Å². The molecule has 1 aromatic carbocycles. The molecule has 2 aromatic heterocycles. The summed E-state index contributed by atoms with van der Waals surface area (Å²) in [5.74, 6) is -0.609. The van der Waals surface area contributed by atoms with E-state index in [1.165, 1.54) is 40.9 Å². The summed E-state index contributed by atoms with van der Waals surface area (Å²) in [5.41, 5.74) is 4.27. The maximum absolute atomic E-state index is 13.1. The second-order valence-electron chi connectivity index (χ2n) is 10.1. The van der Waals surface area contributed by atoms with Crippen LogP contribution in [0.15, 0.2) is 70.5 Å². The number of hydrogen-bond acceptors (Lipinski definition) is 8. The van der Waals surface area contributed by atoms with Gasteiger partial charge in [0.05, 0.1) is 17.7 Å². The number of anilines is 1. The van der Waals surface area contributed by atoms with E-state index < -0.39 is 45.8 Å². The third kappa shape index (κ3) is 9.49. The van der Waals surface area contributed by atoms with Crippen molar-refractivity contribution < 1.29 is 27.5 Å². The number of nitrogens with one attached hydrogen (secondary N) is 5. The third-order valence-electron chi connectivity index (χ3n) is 5.49. The number of benzene rings is 1. The van der Waals surface area contributed by atoms with Crippen LogP contribution >= 0.6 is 0 Å². The Kier molecular flexibility index (Phi) is 10.5. The minimum Gasteiger partial charge on any atom is -0.492 e. The molecule has 1 atom stereocenters. The van der Waals surface area contributed by atoms with Crippen LogP contribution in [0.5, 0.6) is 5.75 Å². The Morgan fingerprint density at radius 2 is 1.74 bits per heavy atom. The molecule has 0 bridgehead atoms. The minimum absolute atomic E-state index is 0.0634. The Morgan fingerprint density at radius 3 is 2.40 bits per heavy atom. The van der Waals surface area contributed by atoms with Crippen molar-refractivity contribution in [1.82, 2.24) is 19.8 Å². The maximum atomic E-state index is 13.1. The third-order valence-corrected chi connectivity index (χ3v) is 6.97. The lowest BCUT2D eigenvalue weighted by molar-refractivity contribution is -0.156. The van der Waals surface area contributed by atoms with Gasteiger partial charge >= 0.3 is 12.0 Å². The maximum Gasteiger partial charge on any atom is 0.326 e. The van der Waals surface area contributed by atoms with Crippen molar-refractivity contribution in [2.45, 2.75) is 43.7 Å². The number of carbonyl (C=O) groups excluding carboxylic acids is 2. The first-order valence-corrected chi connectivity index (χ1v) is 14.4. The molecule has 14 nitrogen and oxygen atoms in total. The van der Waals surface area contributed by atoms with Crippen molar-refractivity contribution in [3.05, 3.63) is 71.1 Å². The number of nitrogens with two attached hydrogens (primary N) is 1. The van der Waals surface area contributed by atoms with E-state index in [4.69, 9.17) is 20.6 Å². The molecule has 0 unspecified atom stereocenters. The molecule has 0 radical (unpaired) electrons. The van der Waals surface area contributed by atoms with E-state index in [-0.39, 0.29) is 16.5 Å². The summed E-state index contributed by atoms with van der Waals surface area (Å²) >= 11 is 0. The quantitative estimate of drug-likeness (QED) is 0.0766. The molecule has 0 spiro atoms. The summed E-state index contributed by atoms with van der Waals surface area (Å²) in [6.45, 7) is 5.19. The van der Waals surface area contributed by atoms with Crippen molar-refractivity contribution in [1.29, 1.82) is 5.41 Å². The highest BCUT2D eigenvalue weighted by atomic mass is 32.2. The zero-order chi connectivity index (χ0) is 30.9. The number of nitrogens with zero attached hydrogens (tertiary/aromatic N) is 1. The number of hydrogen-bond donors (Lipinski definition) is 6. The average Bonchev–Trinajstić information content (AvgIpc) is 2.92. The van der Waals surface area contributed by atoms with Crippen LogP contribution in [-0.4, -0.2) is 62.1 Å². The number of sulfonamides is 1. The van der Waals surface area contributed by atoms with E-state index in [1.807, 2.05) is 0 Å². The van der Waals surface area contributed by atoms with Crippen molar-refractivity contribution >= 4 is 39.2 Å². The van der Waals surface area contributed by atoms with Gasteiger partial charge in [-0.25, -0.2) is 13.2 Å². The van der Waals surface area contributed by atoms with Crippen LogP contribution in [0.25, 0.3) is 5.52 Å². The predicted molar refractivity (Wildman–Crippen MR) is 157 cm³/mol. The fourth-order valence-corrected chi connectivity index (χ4v) is 4.81. The number of esters is 1. The van der Waals surface area contributed by atoms with Gasteiger partial charge in [0.25, 0.3) is 5.56 Å². The number of pyridine rings is 2. The zero-order valence-electron chi connectivity index (χ0n) is 23.5. The van der Waals surface area contributed by atoms with Gasteiger partial charge in [0.2, 0.25) is 10.0 Å². The van der Waals surface area contributed by atoms with Crippen molar-refractivity contribution in [3.63, 3.8) is 0 Å². The Hall–Kier alpha value is -4.63. The van der Waals surface area contributed by atoms with Crippen LogP contribution in [0, 0.1) is 5.41 Å². The van der Waals surface area contributed by atoms with Gasteiger partial charge in [0, 0.05) is 18.6 Å². The Balaban J connectivity index is 1.69. The lowest BCUT2D eigenvalue weighted by Crippen LogP contribution is -2.51. The van der Waals surface area contributed by atoms with Crippen LogP contribution < -0.4 is 36.7 Å². The normalized spacial score (nSPS) is 12.3. The lowest BCUT2D eigenvalue weighted by Gasteiger charge is -2.24. The average molecular weight is 602 g/mol. The van der Waals surface area contributed by atoms with E-state index in [0.717, 1.165) is 0 Å². The molecule has 0 aliphatic heterocycles. The molecular weight excluding hydrogens is 566 g/mol. The summed E-state index contributed by atoms with van der Waals surface area (Å²) in [7, 11) is -4.12. The number of fused-ring (bicyclic) bond motifs is 1. The van der Waals surface area contributed by atoms with Gasteiger partial charge in [-0.2, -0.15) is 4.72 Å². The van der Waals surface area contributed by atoms with Crippen LogP contribution in [0.1, 0.15) is 27.2 Å². The number of carbonyl (C=O) groups is 2. The van der Waals surface area contributed by atoms with Gasteiger partial charge in [-0.3, -0.25) is 19.4 Å².